The van der Waals surface area contributed by atoms with E-state index in [4.69, 9.17) is 9.47 Å². The number of hydrogen-bond donors (Lipinski definition) is 0. The Hall–Kier alpha value is -1.02. The molecule has 2 atom stereocenters. The zero-order valence-corrected chi connectivity index (χ0v) is 14.1. The van der Waals surface area contributed by atoms with Crippen molar-refractivity contribution in [1.82, 2.24) is 24.8 Å². The molecule has 4 rings (SSSR count). The SMILES string of the molecule is CC(C)(CN1CC[C@H]2OCc3cnnn3[C@H]2C1)N1CCOCC1. The summed E-state index contributed by atoms with van der Waals surface area (Å²) in [5, 5.41) is 8.36. The molecular weight excluding hydrogens is 294 g/mol. The van der Waals surface area contributed by atoms with Gasteiger partial charge in [0.05, 0.1) is 43.9 Å². The molecule has 7 nitrogen and oxygen atoms in total. The van der Waals surface area contributed by atoms with E-state index in [9.17, 15) is 0 Å². The van der Waals surface area contributed by atoms with Crippen LogP contribution in [0.15, 0.2) is 6.20 Å². The van der Waals surface area contributed by atoms with Gasteiger partial charge in [0.2, 0.25) is 0 Å². The molecule has 1 aromatic heterocycles. The standard InChI is InChI=1S/C16H27N5O2/c1-16(2,20-5-7-22-8-6-20)12-19-4-3-15-14(10-19)21-13(11-23-15)9-17-18-21/h9,14-15H,3-8,10-12H2,1-2H3/t14-,15+/m0/s1. The van der Waals surface area contributed by atoms with Gasteiger partial charge in [0.1, 0.15) is 0 Å². The van der Waals surface area contributed by atoms with Crippen molar-refractivity contribution in [2.75, 3.05) is 45.9 Å². The van der Waals surface area contributed by atoms with Crippen LogP contribution >= 0.6 is 0 Å². The highest BCUT2D eigenvalue weighted by Gasteiger charge is 2.39. The summed E-state index contributed by atoms with van der Waals surface area (Å²) < 4.78 is 13.6. The third-order valence-electron chi connectivity index (χ3n) is 5.49. The highest BCUT2D eigenvalue weighted by atomic mass is 16.5. The van der Waals surface area contributed by atoms with Crippen molar-refractivity contribution in [3.8, 4) is 0 Å². The molecule has 7 heteroatoms. The van der Waals surface area contributed by atoms with Gasteiger partial charge in [-0.3, -0.25) is 9.80 Å². The van der Waals surface area contributed by atoms with E-state index in [1.807, 2.05) is 6.20 Å². The van der Waals surface area contributed by atoms with Crippen molar-refractivity contribution in [1.29, 1.82) is 0 Å². The number of likely N-dealkylation sites (tertiary alicyclic amines) is 1. The van der Waals surface area contributed by atoms with E-state index in [2.05, 4.69) is 38.6 Å². The molecule has 23 heavy (non-hydrogen) atoms. The van der Waals surface area contributed by atoms with E-state index in [1.165, 1.54) is 0 Å². The minimum absolute atomic E-state index is 0.164. The van der Waals surface area contributed by atoms with Gasteiger partial charge < -0.3 is 9.47 Å². The molecule has 0 amide bonds. The second kappa shape index (κ2) is 6.12. The summed E-state index contributed by atoms with van der Waals surface area (Å²) in [6.45, 7) is 12.3. The maximum Gasteiger partial charge on any atom is 0.0929 e. The Morgan fingerprint density at radius 3 is 2.91 bits per heavy atom. The van der Waals surface area contributed by atoms with Gasteiger partial charge in [-0.1, -0.05) is 5.21 Å². The first-order valence-electron chi connectivity index (χ1n) is 8.69. The average molecular weight is 321 g/mol. The Morgan fingerprint density at radius 2 is 2.09 bits per heavy atom. The molecule has 0 bridgehead atoms. The first-order valence-corrected chi connectivity index (χ1v) is 8.69. The highest BCUT2D eigenvalue weighted by Crippen LogP contribution is 2.31. The first kappa shape index (κ1) is 15.5. The molecule has 0 N–H and O–H groups in total. The predicted molar refractivity (Wildman–Crippen MR) is 85.2 cm³/mol. The summed E-state index contributed by atoms with van der Waals surface area (Å²) in [6, 6.07) is 0.301. The minimum Gasteiger partial charge on any atom is -0.379 e. The number of hydrogen-bond acceptors (Lipinski definition) is 6. The van der Waals surface area contributed by atoms with Crippen LogP contribution in [0.1, 0.15) is 32.0 Å². The van der Waals surface area contributed by atoms with Gasteiger partial charge in [0, 0.05) is 38.3 Å². The molecule has 3 aliphatic heterocycles. The van der Waals surface area contributed by atoms with Gasteiger partial charge in [0.25, 0.3) is 0 Å². The van der Waals surface area contributed by atoms with Gasteiger partial charge >= 0.3 is 0 Å². The molecule has 2 fully saturated rings. The fourth-order valence-corrected chi connectivity index (χ4v) is 4.20. The maximum absolute atomic E-state index is 6.01. The summed E-state index contributed by atoms with van der Waals surface area (Å²) in [5.41, 5.74) is 1.26. The summed E-state index contributed by atoms with van der Waals surface area (Å²) in [5.74, 6) is 0. The Kier molecular flexibility index (Phi) is 4.13. The second-order valence-corrected chi connectivity index (χ2v) is 7.52. The molecule has 0 spiro atoms. The molecule has 0 aliphatic carbocycles. The smallest absolute Gasteiger partial charge is 0.0929 e. The monoisotopic (exact) mass is 321 g/mol. The molecule has 0 aromatic carbocycles. The first-order chi connectivity index (χ1) is 11.1. The van der Waals surface area contributed by atoms with Crippen LogP contribution < -0.4 is 0 Å². The fraction of sp³-hybridized carbons (Fsp3) is 0.875. The molecule has 3 aliphatic rings. The normalized spacial score (nSPS) is 30.0. The van der Waals surface area contributed by atoms with Crippen LogP contribution in [0.25, 0.3) is 0 Å². The van der Waals surface area contributed by atoms with Crippen LogP contribution in [-0.2, 0) is 16.1 Å². The number of nitrogens with zero attached hydrogens (tertiary/aromatic N) is 5. The lowest BCUT2D eigenvalue weighted by molar-refractivity contribution is -0.0774. The van der Waals surface area contributed by atoms with Gasteiger partial charge in [-0.05, 0) is 20.3 Å². The van der Waals surface area contributed by atoms with E-state index in [1.54, 1.807) is 0 Å². The van der Waals surface area contributed by atoms with E-state index in [0.717, 1.165) is 58.1 Å². The Labute approximate surface area is 137 Å². The van der Waals surface area contributed by atoms with Crippen LogP contribution in [-0.4, -0.2) is 82.4 Å². The van der Waals surface area contributed by atoms with Crippen molar-refractivity contribution >= 4 is 0 Å². The number of morpholine rings is 1. The van der Waals surface area contributed by atoms with Crippen molar-refractivity contribution in [3.63, 3.8) is 0 Å². The van der Waals surface area contributed by atoms with Crippen molar-refractivity contribution in [2.24, 2.45) is 0 Å². The fourth-order valence-electron chi connectivity index (χ4n) is 4.20. The molecule has 0 saturated carbocycles. The average Bonchev–Trinajstić information content (AvgIpc) is 3.04. The van der Waals surface area contributed by atoms with E-state index in [-0.39, 0.29) is 11.6 Å². The van der Waals surface area contributed by atoms with Crippen LogP contribution in [0.3, 0.4) is 0 Å². The molecule has 2 saturated heterocycles. The summed E-state index contributed by atoms with van der Waals surface area (Å²) in [4.78, 5) is 5.12. The van der Waals surface area contributed by atoms with Crippen molar-refractivity contribution in [2.45, 2.75) is 44.6 Å². The second-order valence-electron chi connectivity index (χ2n) is 7.52. The van der Waals surface area contributed by atoms with Gasteiger partial charge in [0.15, 0.2) is 0 Å². The Bertz CT molecular complexity index is 540. The summed E-state index contributed by atoms with van der Waals surface area (Å²) in [6.07, 6.45) is 3.18. The lowest BCUT2D eigenvalue weighted by Crippen LogP contribution is -2.58. The number of rotatable bonds is 3. The van der Waals surface area contributed by atoms with E-state index < -0.39 is 0 Å². The van der Waals surface area contributed by atoms with Gasteiger partial charge in [-0.2, -0.15) is 0 Å². The van der Waals surface area contributed by atoms with Crippen LogP contribution in [0.4, 0.5) is 0 Å². The van der Waals surface area contributed by atoms with Crippen LogP contribution in [0.2, 0.25) is 0 Å². The zero-order chi connectivity index (χ0) is 15.9. The third-order valence-corrected chi connectivity index (χ3v) is 5.49. The third kappa shape index (κ3) is 3.03. The Balaban J connectivity index is 1.43. The molecule has 0 unspecified atom stereocenters. The topological polar surface area (TPSA) is 55.7 Å². The number of piperidine rings is 1. The van der Waals surface area contributed by atoms with Crippen molar-refractivity contribution in [3.05, 3.63) is 11.9 Å². The zero-order valence-electron chi connectivity index (χ0n) is 14.1. The maximum atomic E-state index is 6.01. The van der Waals surface area contributed by atoms with E-state index in [0.29, 0.717) is 12.6 Å². The van der Waals surface area contributed by atoms with Crippen LogP contribution in [0.5, 0.6) is 0 Å². The number of ether oxygens (including phenoxy) is 2. The minimum atomic E-state index is 0.164. The summed E-state index contributed by atoms with van der Waals surface area (Å²) in [7, 11) is 0. The van der Waals surface area contributed by atoms with E-state index >= 15 is 0 Å². The largest absolute Gasteiger partial charge is 0.379 e. The predicted octanol–water partition coefficient (Wildman–Crippen LogP) is 0.535. The molecule has 0 radical (unpaired) electrons. The quantitative estimate of drug-likeness (QED) is 0.810. The molecule has 128 valence electrons. The van der Waals surface area contributed by atoms with Crippen LogP contribution in [0, 0.1) is 0 Å². The Morgan fingerprint density at radius 1 is 1.26 bits per heavy atom. The molecule has 1 aromatic rings. The number of fused-ring (bicyclic) bond motifs is 3. The molecule has 4 heterocycles. The van der Waals surface area contributed by atoms with Crippen molar-refractivity contribution < 1.29 is 9.47 Å². The molecular formula is C16H27N5O2. The lowest BCUT2D eigenvalue weighted by atomic mass is 9.96. The number of aromatic nitrogens is 3. The van der Waals surface area contributed by atoms with Gasteiger partial charge in [-0.15, -0.1) is 5.10 Å². The highest BCUT2D eigenvalue weighted by molar-refractivity contribution is 5.01. The summed E-state index contributed by atoms with van der Waals surface area (Å²) >= 11 is 0. The van der Waals surface area contributed by atoms with Gasteiger partial charge in [-0.25, -0.2) is 4.68 Å². The lowest BCUT2D eigenvalue weighted by Gasteiger charge is -2.47.